The summed E-state index contributed by atoms with van der Waals surface area (Å²) in [6, 6.07) is -2.18. The number of allylic oxidation sites excluding steroid dienone is 2. The second-order valence-corrected chi connectivity index (χ2v) is 11.0. The fourth-order valence-electron chi connectivity index (χ4n) is 5.76. The molecule has 0 aromatic heterocycles. The van der Waals surface area contributed by atoms with Gasteiger partial charge in [0.1, 0.15) is 17.6 Å². The van der Waals surface area contributed by atoms with Gasteiger partial charge in [-0.2, -0.15) is 0 Å². The van der Waals surface area contributed by atoms with Gasteiger partial charge in [0.05, 0.1) is 23.7 Å². The van der Waals surface area contributed by atoms with Gasteiger partial charge >= 0.3 is 0 Å². The molecular formula is C28H39N5O7. The highest BCUT2D eigenvalue weighted by atomic mass is 16.2. The van der Waals surface area contributed by atoms with Crippen molar-refractivity contribution in [2.75, 3.05) is 13.1 Å². The number of amidine groups is 1. The van der Waals surface area contributed by atoms with Crippen LogP contribution in [0.5, 0.6) is 0 Å². The molecule has 1 saturated heterocycles. The maximum Gasteiger partial charge on any atom is 0.243 e. The summed E-state index contributed by atoms with van der Waals surface area (Å²) in [5, 5.41) is 5.20. The molecule has 12 heteroatoms. The van der Waals surface area contributed by atoms with Crippen molar-refractivity contribution in [1.82, 2.24) is 15.5 Å². The molecule has 0 aromatic rings. The molecule has 2 fully saturated rings. The van der Waals surface area contributed by atoms with E-state index in [2.05, 4.69) is 15.6 Å². The zero-order valence-electron chi connectivity index (χ0n) is 23.3. The highest BCUT2D eigenvalue weighted by Gasteiger charge is 2.59. The van der Waals surface area contributed by atoms with E-state index in [0.29, 0.717) is 18.8 Å². The van der Waals surface area contributed by atoms with Gasteiger partial charge in [-0.3, -0.25) is 38.7 Å². The Morgan fingerprint density at radius 2 is 1.55 bits per heavy atom. The van der Waals surface area contributed by atoms with Gasteiger partial charge in [-0.25, -0.2) is 0 Å². The number of carbonyl (C=O) groups is 7. The lowest BCUT2D eigenvalue weighted by atomic mass is 9.85. The second-order valence-electron chi connectivity index (χ2n) is 11.0. The van der Waals surface area contributed by atoms with Crippen LogP contribution < -0.4 is 16.4 Å². The molecule has 40 heavy (non-hydrogen) atoms. The quantitative estimate of drug-likeness (QED) is 0.0791. The van der Waals surface area contributed by atoms with Gasteiger partial charge < -0.3 is 21.2 Å². The van der Waals surface area contributed by atoms with Crippen LogP contribution in [0.3, 0.4) is 0 Å². The van der Waals surface area contributed by atoms with Crippen LogP contribution in [-0.2, 0) is 33.6 Å². The normalized spacial score (nSPS) is 24.6. The van der Waals surface area contributed by atoms with Crippen molar-refractivity contribution in [2.24, 2.45) is 34.4 Å². The number of amides is 4. The molecule has 3 unspecified atom stereocenters. The summed E-state index contributed by atoms with van der Waals surface area (Å²) >= 11 is 0. The Hall–Kier alpha value is -3.70. The second kappa shape index (κ2) is 13.6. The van der Waals surface area contributed by atoms with Crippen LogP contribution in [-0.4, -0.2) is 76.9 Å². The van der Waals surface area contributed by atoms with Crippen molar-refractivity contribution in [3.05, 3.63) is 12.2 Å². The zero-order chi connectivity index (χ0) is 29.6. The number of hydrogen-bond acceptors (Lipinski definition) is 8. The summed E-state index contributed by atoms with van der Waals surface area (Å²) in [7, 11) is 0. The van der Waals surface area contributed by atoms with E-state index in [1.54, 1.807) is 6.92 Å². The number of fused-ring (bicyclic) bond motifs is 5. The number of imide groups is 1. The Morgan fingerprint density at radius 1 is 0.925 bits per heavy atom. The SMILES string of the molecule is CC(=O)CCC(=O)[C@H](CC(C)=O)NC(=O)[C@H](CCCN=C(C)N)NC(=O)CCN1C(=O)C2C3C=C[C@H](C3)C2C1=O. The third-order valence-electron chi connectivity index (χ3n) is 7.71. The van der Waals surface area contributed by atoms with Gasteiger partial charge in [0, 0.05) is 38.8 Å². The Morgan fingerprint density at radius 3 is 2.10 bits per heavy atom. The van der Waals surface area contributed by atoms with Crippen molar-refractivity contribution in [1.29, 1.82) is 0 Å². The molecule has 2 bridgehead atoms. The summed E-state index contributed by atoms with van der Waals surface area (Å²) in [6.07, 6.45) is 4.82. The minimum Gasteiger partial charge on any atom is -0.388 e. The van der Waals surface area contributed by atoms with Crippen LogP contribution in [0.25, 0.3) is 0 Å². The first-order valence-corrected chi connectivity index (χ1v) is 13.8. The fraction of sp³-hybridized carbons (Fsp3) is 0.643. The number of nitrogens with one attached hydrogen (secondary N) is 2. The summed E-state index contributed by atoms with van der Waals surface area (Å²) in [4.78, 5) is 92.8. The maximum atomic E-state index is 13.2. The molecule has 0 spiro atoms. The third-order valence-corrected chi connectivity index (χ3v) is 7.71. The molecule has 218 valence electrons. The van der Waals surface area contributed by atoms with Crippen LogP contribution in [0.2, 0.25) is 0 Å². The molecular weight excluding hydrogens is 518 g/mol. The van der Waals surface area contributed by atoms with Gasteiger partial charge in [-0.1, -0.05) is 12.2 Å². The van der Waals surface area contributed by atoms with Crippen molar-refractivity contribution in [3.8, 4) is 0 Å². The summed E-state index contributed by atoms with van der Waals surface area (Å²) in [6.45, 7) is 4.49. The lowest BCUT2D eigenvalue weighted by Crippen LogP contribution is -2.52. The molecule has 1 saturated carbocycles. The largest absolute Gasteiger partial charge is 0.388 e. The molecule has 4 N–H and O–H groups in total. The van der Waals surface area contributed by atoms with E-state index < -0.39 is 29.7 Å². The summed E-state index contributed by atoms with van der Waals surface area (Å²) in [5.41, 5.74) is 5.57. The van der Waals surface area contributed by atoms with E-state index in [1.807, 2.05) is 12.2 Å². The summed E-state index contributed by atoms with van der Waals surface area (Å²) < 4.78 is 0. The zero-order valence-corrected chi connectivity index (χ0v) is 23.3. The molecule has 1 aliphatic heterocycles. The van der Waals surface area contributed by atoms with Crippen molar-refractivity contribution < 1.29 is 33.6 Å². The minimum atomic E-state index is -1.13. The van der Waals surface area contributed by atoms with E-state index in [-0.39, 0.29) is 85.7 Å². The molecule has 6 atom stereocenters. The molecule has 0 radical (unpaired) electrons. The molecule has 3 aliphatic rings. The van der Waals surface area contributed by atoms with Crippen LogP contribution in [0.15, 0.2) is 17.1 Å². The fourth-order valence-corrected chi connectivity index (χ4v) is 5.76. The topological polar surface area (TPSA) is 185 Å². The number of carbonyl (C=O) groups excluding carboxylic acids is 7. The summed E-state index contributed by atoms with van der Waals surface area (Å²) in [5.74, 6) is -2.85. The first-order chi connectivity index (χ1) is 18.9. The average molecular weight is 558 g/mol. The van der Waals surface area contributed by atoms with E-state index in [0.717, 1.165) is 11.3 Å². The van der Waals surface area contributed by atoms with Gasteiger partial charge in [-0.05, 0) is 51.9 Å². The van der Waals surface area contributed by atoms with Gasteiger partial charge in [0.15, 0.2) is 5.78 Å². The van der Waals surface area contributed by atoms with Crippen LogP contribution in [0.4, 0.5) is 0 Å². The van der Waals surface area contributed by atoms with Crippen LogP contribution >= 0.6 is 0 Å². The smallest absolute Gasteiger partial charge is 0.243 e. The van der Waals surface area contributed by atoms with Gasteiger partial charge in [0.25, 0.3) is 0 Å². The van der Waals surface area contributed by atoms with Gasteiger partial charge in [-0.15, -0.1) is 0 Å². The Kier molecular flexibility index (Phi) is 10.5. The number of nitrogens with zero attached hydrogens (tertiary/aromatic N) is 2. The maximum absolute atomic E-state index is 13.2. The lowest BCUT2D eigenvalue weighted by molar-refractivity contribution is -0.141. The standard InChI is InChI=1S/C28H39N5O7/c1-15(34)6-9-22(36)21(13-16(2)35)32-26(38)20(5-4-11-30-17(3)29)31-23(37)10-12-33-27(39)24-18-7-8-19(14-18)25(24)28(33)40/h7-8,18-21,24-25H,4-6,9-14H2,1-3H3,(H2,29,30)(H,31,37)(H,32,38)/t18-,19?,20+,21+,24?,25?/m1/s1. The van der Waals surface area contributed by atoms with Crippen molar-refractivity contribution >= 4 is 46.8 Å². The highest BCUT2D eigenvalue weighted by molar-refractivity contribution is 6.06. The number of hydrogen-bond donors (Lipinski definition) is 3. The monoisotopic (exact) mass is 557 g/mol. The Labute approximate surface area is 233 Å². The van der Waals surface area contributed by atoms with E-state index in [4.69, 9.17) is 5.73 Å². The van der Waals surface area contributed by atoms with E-state index >= 15 is 0 Å². The number of Topliss-reactive ketones (excluding diaryl/α,β-unsaturated/α-hetero) is 3. The van der Waals surface area contributed by atoms with Crippen molar-refractivity contribution in [3.63, 3.8) is 0 Å². The first kappa shape index (κ1) is 30.8. The predicted molar refractivity (Wildman–Crippen MR) is 145 cm³/mol. The number of aliphatic imine (C=N–C) groups is 1. The third kappa shape index (κ3) is 7.70. The highest BCUT2D eigenvalue weighted by Crippen LogP contribution is 2.52. The number of ketones is 3. The number of likely N-dealkylation sites (tertiary alicyclic amines) is 1. The number of rotatable bonds is 16. The predicted octanol–water partition coefficient (Wildman–Crippen LogP) is 0.228. The van der Waals surface area contributed by atoms with Crippen molar-refractivity contribution in [2.45, 2.75) is 77.8 Å². The molecule has 12 nitrogen and oxygen atoms in total. The van der Waals surface area contributed by atoms with Crippen LogP contribution in [0, 0.1) is 23.7 Å². The molecule has 2 aliphatic carbocycles. The minimum absolute atomic E-state index is 0.00702. The molecule has 4 amide bonds. The molecule has 0 aromatic carbocycles. The average Bonchev–Trinajstić information content (AvgIpc) is 3.56. The van der Waals surface area contributed by atoms with Gasteiger partial charge in [0.2, 0.25) is 23.6 Å². The van der Waals surface area contributed by atoms with E-state index in [9.17, 15) is 33.6 Å². The Balaban J connectivity index is 1.62. The number of nitrogens with two attached hydrogens (primary N) is 1. The van der Waals surface area contributed by atoms with E-state index in [1.165, 1.54) is 13.8 Å². The molecule has 3 rings (SSSR count). The first-order valence-electron chi connectivity index (χ1n) is 13.8. The lowest BCUT2D eigenvalue weighted by Gasteiger charge is -2.23. The van der Waals surface area contributed by atoms with Crippen LogP contribution in [0.1, 0.15) is 65.7 Å². The molecule has 1 heterocycles. The Bertz CT molecular complexity index is 1100.